The van der Waals surface area contributed by atoms with Crippen LogP contribution in [0.4, 0.5) is 0 Å². The van der Waals surface area contributed by atoms with Gasteiger partial charge in [0.05, 0.1) is 0 Å². The number of aromatic nitrogens is 1. The van der Waals surface area contributed by atoms with Crippen LogP contribution in [0.5, 0.6) is 0 Å². The largest absolute Gasteiger partial charge is 0.354 e. The zero-order valence-corrected chi connectivity index (χ0v) is 5.73. The van der Waals surface area contributed by atoms with Crippen LogP contribution in [-0.4, -0.2) is 17.3 Å². The van der Waals surface area contributed by atoms with E-state index in [4.69, 9.17) is 0 Å². The minimum Gasteiger partial charge on any atom is -0.354 e. The van der Waals surface area contributed by atoms with Gasteiger partial charge in [0.25, 0.3) is 5.91 Å². The number of amides is 1. The van der Waals surface area contributed by atoms with Gasteiger partial charge in [-0.3, -0.25) is 4.79 Å². The number of hydrogen-bond donors (Lipinski definition) is 1. The average Bonchev–Trinajstić information content (AvgIpc) is 2.37. The SMILES string of the molecule is CNC(=O)c1ccsn1. The van der Waals surface area contributed by atoms with E-state index >= 15 is 0 Å². The van der Waals surface area contributed by atoms with Crippen molar-refractivity contribution in [3.63, 3.8) is 0 Å². The van der Waals surface area contributed by atoms with Crippen molar-refractivity contribution in [2.24, 2.45) is 0 Å². The Labute approximate surface area is 56.9 Å². The predicted octanol–water partition coefficient (Wildman–Crippen LogP) is 0.503. The Kier molecular flexibility index (Phi) is 1.79. The van der Waals surface area contributed by atoms with E-state index in [1.54, 1.807) is 18.5 Å². The molecule has 48 valence electrons. The molecule has 1 rings (SSSR count). The molecule has 0 aliphatic carbocycles. The van der Waals surface area contributed by atoms with Crippen molar-refractivity contribution in [2.75, 3.05) is 7.05 Å². The fourth-order valence-electron chi connectivity index (χ4n) is 0.458. The Bertz CT molecular complexity index is 195. The first-order valence-corrected chi connectivity index (χ1v) is 3.30. The Morgan fingerprint density at radius 3 is 3.11 bits per heavy atom. The number of carbonyl (C=O) groups is 1. The molecular weight excluding hydrogens is 136 g/mol. The van der Waals surface area contributed by atoms with Crippen LogP contribution >= 0.6 is 11.5 Å². The third-order valence-corrected chi connectivity index (χ3v) is 1.46. The second-order valence-corrected chi connectivity index (χ2v) is 2.13. The van der Waals surface area contributed by atoms with Crippen LogP contribution in [0, 0.1) is 0 Å². The van der Waals surface area contributed by atoms with E-state index in [-0.39, 0.29) is 5.91 Å². The lowest BCUT2D eigenvalue weighted by molar-refractivity contribution is 0.0959. The zero-order chi connectivity index (χ0) is 6.69. The van der Waals surface area contributed by atoms with Gasteiger partial charge in [0, 0.05) is 12.4 Å². The maximum Gasteiger partial charge on any atom is 0.270 e. The molecule has 1 heterocycles. The average molecular weight is 142 g/mol. The van der Waals surface area contributed by atoms with Gasteiger partial charge in [-0.25, -0.2) is 0 Å². The highest BCUT2D eigenvalue weighted by molar-refractivity contribution is 7.03. The van der Waals surface area contributed by atoms with Crippen molar-refractivity contribution in [2.45, 2.75) is 0 Å². The molecule has 0 radical (unpaired) electrons. The van der Waals surface area contributed by atoms with Crippen LogP contribution < -0.4 is 5.32 Å². The molecule has 0 saturated carbocycles. The van der Waals surface area contributed by atoms with Gasteiger partial charge in [0.2, 0.25) is 0 Å². The molecule has 4 heteroatoms. The summed E-state index contributed by atoms with van der Waals surface area (Å²) in [5, 5.41) is 4.24. The fraction of sp³-hybridized carbons (Fsp3) is 0.200. The van der Waals surface area contributed by atoms with Crippen molar-refractivity contribution in [1.29, 1.82) is 0 Å². The van der Waals surface area contributed by atoms with Crippen molar-refractivity contribution in [3.05, 3.63) is 17.1 Å². The number of carbonyl (C=O) groups excluding carboxylic acids is 1. The molecule has 0 atom stereocenters. The Hall–Kier alpha value is -0.900. The molecule has 0 fully saturated rings. The highest BCUT2D eigenvalue weighted by atomic mass is 32.1. The molecule has 0 aliphatic heterocycles. The molecule has 0 unspecified atom stereocenters. The third-order valence-electron chi connectivity index (χ3n) is 0.898. The lowest BCUT2D eigenvalue weighted by Crippen LogP contribution is -2.17. The van der Waals surface area contributed by atoms with Crippen molar-refractivity contribution < 1.29 is 4.79 Å². The van der Waals surface area contributed by atoms with E-state index in [1.807, 2.05) is 0 Å². The van der Waals surface area contributed by atoms with Crippen LogP contribution in [-0.2, 0) is 0 Å². The molecule has 1 amide bonds. The van der Waals surface area contributed by atoms with Crippen molar-refractivity contribution in [3.8, 4) is 0 Å². The number of hydrogen-bond acceptors (Lipinski definition) is 3. The third kappa shape index (κ3) is 1.26. The molecule has 0 spiro atoms. The normalized spacial score (nSPS) is 9.00. The zero-order valence-electron chi connectivity index (χ0n) is 4.92. The maximum atomic E-state index is 10.7. The molecule has 0 bridgehead atoms. The van der Waals surface area contributed by atoms with Crippen LogP contribution in [0.2, 0.25) is 0 Å². The van der Waals surface area contributed by atoms with Crippen LogP contribution in [0.3, 0.4) is 0 Å². The van der Waals surface area contributed by atoms with Gasteiger partial charge in [-0.2, -0.15) is 4.37 Å². The number of rotatable bonds is 1. The van der Waals surface area contributed by atoms with Gasteiger partial charge in [0.1, 0.15) is 5.69 Å². The minimum atomic E-state index is -0.128. The Morgan fingerprint density at radius 2 is 2.67 bits per heavy atom. The second kappa shape index (κ2) is 2.59. The van der Waals surface area contributed by atoms with Gasteiger partial charge in [-0.05, 0) is 17.6 Å². The second-order valence-electron chi connectivity index (χ2n) is 1.46. The van der Waals surface area contributed by atoms with Gasteiger partial charge in [0.15, 0.2) is 0 Å². The molecule has 1 aromatic rings. The predicted molar refractivity (Wildman–Crippen MR) is 35.5 cm³/mol. The first-order chi connectivity index (χ1) is 4.34. The molecule has 0 saturated heterocycles. The monoisotopic (exact) mass is 142 g/mol. The molecular formula is C5H6N2OS. The lowest BCUT2D eigenvalue weighted by atomic mass is 10.4. The summed E-state index contributed by atoms with van der Waals surface area (Å²) in [6.45, 7) is 0. The summed E-state index contributed by atoms with van der Waals surface area (Å²) in [5.41, 5.74) is 0.488. The highest BCUT2D eigenvalue weighted by Gasteiger charge is 2.02. The van der Waals surface area contributed by atoms with E-state index in [9.17, 15) is 4.79 Å². The van der Waals surface area contributed by atoms with E-state index < -0.39 is 0 Å². The van der Waals surface area contributed by atoms with Crippen molar-refractivity contribution >= 4 is 17.4 Å². The molecule has 9 heavy (non-hydrogen) atoms. The molecule has 0 aliphatic rings. The fourth-order valence-corrected chi connectivity index (χ4v) is 0.966. The van der Waals surface area contributed by atoms with E-state index in [0.717, 1.165) is 0 Å². The first kappa shape index (κ1) is 6.22. The first-order valence-electron chi connectivity index (χ1n) is 2.47. The summed E-state index contributed by atoms with van der Waals surface area (Å²) in [4.78, 5) is 10.7. The summed E-state index contributed by atoms with van der Waals surface area (Å²) in [5.74, 6) is -0.128. The standard InChI is InChI=1S/C5H6N2OS/c1-6-5(8)4-2-3-9-7-4/h2-3H,1H3,(H,6,8). The van der Waals surface area contributed by atoms with Crippen molar-refractivity contribution in [1.82, 2.24) is 9.69 Å². The van der Waals surface area contributed by atoms with Gasteiger partial charge in [-0.15, -0.1) is 0 Å². The topological polar surface area (TPSA) is 42.0 Å². The number of nitrogens with zero attached hydrogens (tertiary/aromatic N) is 1. The highest BCUT2D eigenvalue weighted by Crippen LogP contribution is 1.97. The van der Waals surface area contributed by atoms with E-state index in [1.165, 1.54) is 11.5 Å². The smallest absolute Gasteiger partial charge is 0.270 e. The van der Waals surface area contributed by atoms with E-state index in [0.29, 0.717) is 5.69 Å². The summed E-state index contributed by atoms with van der Waals surface area (Å²) in [6, 6.07) is 1.68. The quantitative estimate of drug-likeness (QED) is 0.620. The molecule has 1 aromatic heterocycles. The number of nitrogens with one attached hydrogen (secondary N) is 1. The summed E-state index contributed by atoms with van der Waals surface area (Å²) in [6.07, 6.45) is 0. The molecule has 3 nitrogen and oxygen atoms in total. The Morgan fingerprint density at radius 1 is 1.89 bits per heavy atom. The molecule has 0 aromatic carbocycles. The summed E-state index contributed by atoms with van der Waals surface area (Å²) < 4.78 is 3.82. The van der Waals surface area contributed by atoms with Gasteiger partial charge in [-0.1, -0.05) is 0 Å². The van der Waals surface area contributed by atoms with Gasteiger partial charge < -0.3 is 5.32 Å². The van der Waals surface area contributed by atoms with Crippen LogP contribution in [0.1, 0.15) is 10.5 Å². The van der Waals surface area contributed by atoms with Crippen LogP contribution in [0.25, 0.3) is 0 Å². The maximum absolute atomic E-state index is 10.7. The van der Waals surface area contributed by atoms with Gasteiger partial charge >= 0.3 is 0 Å². The summed E-state index contributed by atoms with van der Waals surface area (Å²) in [7, 11) is 1.58. The minimum absolute atomic E-state index is 0.128. The Balaban J connectivity index is 2.77. The lowest BCUT2D eigenvalue weighted by Gasteiger charge is -1.89. The summed E-state index contributed by atoms with van der Waals surface area (Å²) >= 11 is 1.27. The van der Waals surface area contributed by atoms with Crippen LogP contribution in [0.15, 0.2) is 11.4 Å². The van der Waals surface area contributed by atoms with E-state index in [2.05, 4.69) is 9.69 Å². The molecule has 1 N–H and O–H groups in total.